The summed E-state index contributed by atoms with van der Waals surface area (Å²) in [5.74, 6) is 2.48. The first-order valence-electron chi connectivity index (χ1n) is 11.5. The maximum atomic E-state index is 5.93. The van der Waals surface area contributed by atoms with Gasteiger partial charge in [-0.25, -0.2) is 15.0 Å². The van der Waals surface area contributed by atoms with Crippen LogP contribution in [0.15, 0.2) is 30.7 Å². The van der Waals surface area contributed by atoms with E-state index in [4.69, 9.17) is 14.2 Å². The van der Waals surface area contributed by atoms with E-state index < -0.39 is 0 Å². The van der Waals surface area contributed by atoms with Gasteiger partial charge in [-0.15, -0.1) is 0 Å². The van der Waals surface area contributed by atoms with Crippen LogP contribution in [-0.2, 0) is 0 Å². The molecule has 1 N–H and O–H groups in total. The van der Waals surface area contributed by atoms with Crippen molar-refractivity contribution in [1.29, 1.82) is 0 Å². The van der Waals surface area contributed by atoms with Crippen molar-refractivity contribution in [3.8, 4) is 17.5 Å². The minimum atomic E-state index is 0.332. The van der Waals surface area contributed by atoms with Crippen LogP contribution in [0.2, 0.25) is 0 Å². The molecular formula is C23H34N6O3. The SMILES string of the molecule is C[C@@H]1CNCCN1c1nccnc1OCCOc1cccnc1OCCC1CCCN1C. The van der Waals surface area contributed by atoms with E-state index >= 15 is 0 Å². The summed E-state index contributed by atoms with van der Waals surface area (Å²) in [6.45, 7) is 7.40. The first kappa shape index (κ1) is 22.5. The molecule has 0 amide bonds. The Morgan fingerprint density at radius 3 is 2.66 bits per heavy atom. The minimum absolute atomic E-state index is 0.332. The second kappa shape index (κ2) is 11.3. The average Bonchev–Trinajstić information content (AvgIpc) is 3.23. The molecule has 2 aliphatic heterocycles. The van der Waals surface area contributed by atoms with Gasteiger partial charge in [0.15, 0.2) is 11.6 Å². The van der Waals surface area contributed by atoms with Crippen molar-refractivity contribution in [3.05, 3.63) is 30.7 Å². The van der Waals surface area contributed by atoms with Gasteiger partial charge in [-0.05, 0) is 51.9 Å². The maximum Gasteiger partial charge on any atom is 0.257 e. The van der Waals surface area contributed by atoms with Gasteiger partial charge < -0.3 is 29.3 Å². The first-order valence-corrected chi connectivity index (χ1v) is 11.5. The van der Waals surface area contributed by atoms with E-state index in [-0.39, 0.29) is 0 Å². The zero-order valence-electron chi connectivity index (χ0n) is 19.1. The normalized spacial score (nSPS) is 21.5. The van der Waals surface area contributed by atoms with Crippen LogP contribution in [0.4, 0.5) is 5.82 Å². The van der Waals surface area contributed by atoms with Gasteiger partial charge in [0.2, 0.25) is 0 Å². The Morgan fingerprint density at radius 2 is 1.81 bits per heavy atom. The summed E-state index contributed by atoms with van der Waals surface area (Å²) < 4.78 is 17.8. The monoisotopic (exact) mass is 442 g/mol. The standard InChI is InChI=1S/C23H34N6O3/c1-18-17-24-11-13-29(18)21-23(27-10-9-25-21)32-16-15-30-20-6-3-8-26-22(20)31-14-7-19-5-4-12-28(19)2/h3,6,8-10,18-19,24H,4-5,7,11-17H2,1-2H3/t18-,19?/m1/s1. The summed E-state index contributed by atoms with van der Waals surface area (Å²) in [5, 5.41) is 3.39. The van der Waals surface area contributed by atoms with E-state index in [9.17, 15) is 0 Å². The Labute approximate surface area is 190 Å². The summed E-state index contributed by atoms with van der Waals surface area (Å²) >= 11 is 0. The van der Waals surface area contributed by atoms with Crippen molar-refractivity contribution < 1.29 is 14.2 Å². The molecular weight excluding hydrogens is 408 g/mol. The van der Waals surface area contributed by atoms with Gasteiger partial charge in [0.05, 0.1) is 6.61 Å². The topological polar surface area (TPSA) is 84.9 Å². The van der Waals surface area contributed by atoms with Crippen molar-refractivity contribution in [2.24, 2.45) is 0 Å². The van der Waals surface area contributed by atoms with Crippen molar-refractivity contribution in [1.82, 2.24) is 25.2 Å². The fourth-order valence-electron chi connectivity index (χ4n) is 4.29. The highest BCUT2D eigenvalue weighted by molar-refractivity contribution is 5.49. The van der Waals surface area contributed by atoms with E-state index in [0.29, 0.717) is 49.4 Å². The smallest absolute Gasteiger partial charge is 0.257 e. The number of aromatic nitrogens is 3. The van der Waals surface area contributed by atoms with Crippen LogP contribution in [0.1, 0.15) is 26.2 Å². The molecule has 0 bridgehead atoms. The molecule has 0 saturated carbocycles. The molecule has 9 heteroatoms. The molecule has 0 aliphatic carbocycles. The highest BCUT2D eigenvalue weighted by Gasteiger charge is 2.23. The van der Waals surface area contributed by atoms with E-state index in [0.717, 1.165) is 31.9 Å². The van der Waals surface area contributed by atoms with Crippen LogP contribution in [0, 0.1) is 0 Å². The molecule has 4 rings (SSSR count). The molecule has 0 radical (unpaired) electrons. The third-order valence-corrected chi connectivity index (χ3v) is 6.10. The number of rotatable bonds is 10. The number of ether oxygens (including phenoxy) is 3. The van der Waals surface area contributed by atoms with Gasteiger partial charge in [0.1, 0.15) is 13.2 Å². The highest BCUT2D eigenvalue weighted by atomic mass is 16.5. The molecule has 2 saturated heterocycles. The van der Waals surface area contributed by atoms with Gasteiger partial charge in [-0.1, -0.05) is 0 Å². The summed E-state index contributed by atoms with van der Waals surface area (Å²) in [4.78, 5) is 17.9. The zero-order valence-corrected chi connectivity index (χ0v) is 19.1. The third kappa shape index (κ3) is 5.77. The summed E-state index contributed by atoms with van der Waals surface area (Å²) in [7, 11) is 2.18. The predicted molar refractivity (Wildman–Crippen MR) is 123 cm³/mol. The van der Waals surface area contributed by atoms with Gasteiger partial charge in [-0.2, -0.15) is 0 Å². The lowest BCUT2D eigenvalue weighted by Gasteiger charge is -2.35. The molecule has 2 aromatic heterocycles. The van der Waals surface area contributed by atoms with E-state index in [1.54, 1.807) is 18.6 Å². The second-order valence-corrected chi connectivity index (χ2v) is 8.35. The minimum Gasteiger partial charge on any atom is -0.484 e. The molecule has 2 fully saturated rings. The largest absolute Gasteiger partial charge is 0.484 e. The first-order chi connectivity index (χ1) is 15.7. The Morgan fingerprint density at radius 1 is 1.00 bits per heavy atom. The van der Waals surface area contributed by atoms with E-state index in [2.05, 4.69) is 44.0 Å². The molecule has 2 aromatic rings. The Hall–Kier alpha value is -2.65. The van der Waals surface area contributed by atoms with Crippen molar-refractivity contribution in [3.63, 3.8) is 0 Å². The predicted octanol–water partition coefficient (Wildman–Crippen LogP) is 1.99. The summed E-state index contributed by atoms with van der Waals surface area (Å²) in [6, 6.07) is 4.65. The molecule has 1 unspecified atom stereocenters. The summed E-state index contributed by atoms with van der Waals surface area (Å²) in [6.07, 6.45) is 8.58. The van der Waals surface area contributed by atoms with Crippen molar-refractivity contribution in [2.75, 3.05) is 57.9 Å². The average molecular weight is 443 g/mol. The maximum absolute atomic E-state index is 5.93. The number of nitrogens with zero attached hydrogens (tertiary/aromatic N) is 5. The van der Waals surface area contributed by atoms with Crippen LogP contribution in [0.5, 0.6) is 17.5 Å². The number of pyridine rings is 1. The molecule has 0 aromatic carbocycles. The molecule has 2 aliphatic rings. The Kier molecular flexibility index (Phi) is 7.95. The number of hydrogen-bond acceptors (Lipinski definition) is 9. The van der Waals surface area contributed by atoms with Crippen LogP contribution in [0.3, 0.4) is 0 Å². The molecule has 9 nitrogen and oxygen atoms in total. The molecule has 2 atom stereocenters. The van der Waals surface area contributed by atoms with Crippen LogP contribution in [0.25, 0.3) is 0 Å². The van der Waals surface area contributed by atoms with E-state index in [1.807, 2.05) is 12.1 Å². The summed E-state index contributed by atoms with van der Waals surface area (Å²) in [5.41, 5.74) is 0. The molecule has 4 heterocycles. The fourth-order valence-corrected chi connectivity index (χ4v) is 4.29. The van der Waals surface area contributed by atoms with Crippen molar-refractivity contribution in [2.45, 2.75) is 38.3 Å². The Balaban J connectivity index is 1.26. The third-order valence-electron chi connectivity index (χ3n) is 6.10. The Bertz CT molecular complexity index is 854. The van der Waals surface area contributed by atoms with Crippen molar-refractivity contribution >= 4 is 5.82 Å². The molecule has 0 spiro atoms. The number of nitrogens with one attached hydrogen (secondary N) is 1. The van der Waals surface area contributed by atoms with Gasteiger partial charge in [0.25, 0.3) is 11.8 Å². The number of piperazine rings is 1. The lowest BCUT2D eigenvalue weighted by atomic mass is 10.1. The number of hydrogen-bond donors (Lipinski definition) is 1. The lowest BCUT2D eigenvalue weighted by Crippen LogP contribution is -2.50. The quantitative estimate of drug-likeness (QED) is 0.555. The number of anilines is 1. The molecule has 32 heavy (non-hydrogen) atoms. The fraction of sp³-hybridized carbons (Fsp3) is 0.609. The van der Waals surface area contributed by atoms with Gasteiger partial charge >= 0.3 is 0 Å². The van der Waals surface area contributed by atoms with E-state index in [1.165, 1.54) is 19.4 Å². The lowest BCUT2D eigenvalue weighted by molar-refractivity contribution is 0.192. The number of likely N-dealkylation sites (tertiary alicyclic amines) is 1. The second-order valence-electron chi connectivity index (χ2n) is 8.35. The van der Waals surface area contributed by atoms with Gasteiger partial charge in [0, 0.05) is 50.3 Å². The zero-order chi connectivity index (χ0) is 22.2. The van der Waals surface area contributed by atoms with Gasteiger partial charge in [-0.3, -0.25) is 0 Å². The highest BCUT2D eigenvalue weighted by Crippen LogP contribution is 2.26. The van der Waals surface area contributed by atoms with Crippen LogP contribution >= 0.6 is 0 Å². The van der Waals surface area contributed by atoms with Crippen LogP contribution in [-0.4, -0.2) is 85.0 Å². The van der Waals surface area contributed by atoms with Crippen LogP contribution < -0.4 is 24.4 Å². The molecule has 174 valence electrons.